The van der Waals surface area contributed by atoms with Crippen molar-refractivity contribution in [3.05, 3.63) is 76.4 Å². The Morgan fingerprint density at radius 3 is 2.33 bits per heavy atom. The van der Waals surface area contributed by atoms with E-state index in [-0.39, 0.29) is 17.1 Å². The Hall–Kier alpha value is -2.67. The average Bonchev–Trinajstić information content (AvgIpc) is 2.55. The summed E-state index contributed by atoms with van der Waals surface area (Å²) in [6.07, 6.45) is 1.50. The van der Waals surface area contributed by atoms with E-state index in [0.717, 1.165) is 11.1 Å². The number of anilines is 1. The number of benzene rings is 2. The number of hydrogen-bond acceptors (Lipinski definition) is 4. The molecule has 6 nitrogen and oxygen atoms in total. The van der Waals surface area contributed by atoms with Crippen LogP contribution in [0, 0.1) is 24.0 Å². The van der Waals surface area contributed by atoms with Gasteiger partial charge >= 0.3 is 0 Å². The molecule has 2 aromatic carbocycles. The maximum Gasteiger partial charge on any atom is 0.269 e. The number of sulfonamides is 1. The van der Waals surface area contributed by atoms with Crippen LogP contribution in [0.4, 0.5) is 11.4 Å². The second-order valence-corrected chi connectivity index (χ2v) is 7.23. The Kier molecular flexibility index (Phi) is 5.04. The molecule has 0 aliphatic heterocycles. The van der Waals surface area contributed by atoms with Crippen molar-refractivity contribution in [2.24, 2.45) is 0 Å². The fourth-order valence-electron chi connectivity index (χ4n) is 2.30. The standard InChI is InChI=1S/C17H18N2O4S/c1-4-11-18(17-12-13(2)5-6-14(17)3)24(22,23)16-9-7-15(8-10-16)19(20)21/h4-10,12H,1,11H2,2-3H3. The molecule has 0 saturated heterocycles. The van der Waals surface area contributed by atoms with Gasteiger partial charge in [0, 0.05) is 12.1 Å². The smallest absolute Gasteiger partial charge is 0.262 e. The summed E-state index contributed by atoms with van der Waals surface area (Å²) >= 11 is 0. The van der Waals surface area contributed by atoms with Crippen LogP contribution >= 0.6 is 0 Å². The van der Waals surface area contributed by atoms with Crippen LogP contribution in [0.2, 0.25) is 0 Å². The van der Waals surface area contributed by atoms with Crippen molar-refractivity contribution in [3.63, 3.8) is 0 Å². The molecule has 7 heteroatoms. The number of nitro groups is 1. The molecule has 0 spiro atoms. The molecule has 0 amide bonds. The van der Waals surface area contributed by atoms with Gasteiger partial charge in [0.1, 0.15) is 0 Å². The fourth-order valence-corrected chi connectivity index (χ4v) is 3.79. The van der Waals surface area contributed by atoms with Gasteiger partial charge in [-0.2, -0.15) is 0 Å². The summed E-state index contributed by atoms with van der Waals surface area (Å²) in [6.45, 7) is 7.44. The molecule has 2 rings (SSSR count). The van der Waals surface area contributed by atoms with E-state index in [1.807, 2.05) is 26.0 Å². The number of hydrogen-bond donors (Lipinski definition) is 0. The van der Waals surface area contributed by atoms with Crippen LogP contribution in [-0.4, -0.2) is 19.9 Å². The van der Waals surface area contributed by atoms with E-state index in [2.05, 4.69) is 6.58 Å². The van der Waals surface area contributed by atoms with Gasteiger partial charge < -0.3 is 0 Å². The lowest BCUT2D eigenvalue weighted by molar-refractivity contribution is -0.384. The first-order valence-corrected chi connectivity index (χ1v) is 8.66. The van der Waals surface area contributed by atoms with E-state index in [1.165, 1.54) is 34.6 Å². The molecule has 0 atom stereocenters. The third-order valence-electron chi connectivity index (χ3n) is 3.56. The predicted molar refractivity (Wildman–Crippen MR) is 93.7 cm³/mol. The van der Waals surface area contributed by atoms with Gasteiger partial charge in [-0.05, 0) is 43.2 Å². The van der Waals surface area contributed by atoms with E-state index in [4.69, 9.17) is 0 Å². The highest BCUT2D eigenvalue weighted by molar-refractivity contribution is 7.92. The predicted octanol–water partition coefficient (Wildman–Crippen LogP) is 3.59. The molecule has 0 aromatic heterocycles. The lowest BCUT2D eigenvalue weighted by atomic mass is 10.1. The van der Waals surface area contributed by atoms with Gasteiger partial charge in [0.25, 0.3) is 15.7 Å². The van der Waals surface area contributed by atoms with Crippen molar-refractivity contribution < 1.29 is 13.3 Å². The summed E-state index contributed by atoms with van der Waals surface area (Å²) in [5, 5.41) is 10.7. The second kappa shape index (κ2) is 6.84. The summed E-state index contributed by atoms with van der Waals surface area (Å²) in [6, 6.07) is 10.4. The zero-order valence-electron chi connectivity index (χ0n) is 13.5. The molecule has 0 aliphatic carbocycles. The molecule has 126 valence electrons. The summed E-state index contributed by atoms with van der Waals surface area (Å²) in [4.78, 5) is 10.2. The third-order valence-corrected chi connectivity index (χ3v) is 5.36. The molecular weight excluding hydrogens is 328 g/mol. The molecule has 0 bridgehead atoms. The van der Waals surface area contributed by atoms with Crippen LogP contribution in [0.5, 0.6) is 0 Å². The zero-order valence-corrected chi connectivity index (χ0v) is 14.3. The minimum Gasteiger partial charge on any atom is -0.262 e. The van der Waals surface area contributed by atoms with E-state index < -0.39 is 14.9 Å². The van der Waals surface area contributed by atoms with Crippen molar-refractivity contribution in [3.8, 4) is 0 Å². The van der Waals surface area contributed by atoms with Crippen LogP contribution in [-0.2, 0) is 10.0 Å². The van der Waals surface area contributed by atoms with E-state index in [0.29, 0.717) is 5.69 Å². The van der Waals surface area contributed by atoms with E-state index >= 15 is 0 Å². The summed E-state index contributed by atoms with van der Waals surface area (Å²) in [5.74, 6) is 0. The van der Waals surface area contributed by atoms with Crippen LogP contribution in [0.25, 0.3) is 0 Å². The third kappa shape index (κ3) is 3.46. The summed E-state index contributed by atoms with van der Waals surface area (Å²) < 4.78 is 27.2. The van der Waals surface area contributed by atoms with Gasteiger partial charge in [-0.25, -0.2) is 8.42 Å². The van der Waals surface area contributed by atoms with Gasteiger partial charge in [-0.1, -0.05) is 18.2 Å². The summed E-state index contributed by atoms with van der Waals surface area (Å²) in [7, 11) is -3.86. The van der Waals surface area contributed by atoms with Crippen molar-refractivity contribution in [2.45, 2.75) is 18.7 Å². The summed E-state index contributed by atoms with van der Waals surface area (Å²) in [5.41, 5.74) is 2.15. The Bertz CT molecular complexity index is 874. The highest BCUT2D eigenvalue weighted by Crippen LogP contribution is 2.28. The van der Waals surface area contributed by atoms with Crippen molar-refractivity contribution >= 4 is 21.4 Å². The Morgan fingerprint density at radius 2 is 1.79 bits per heavy atom. The molecule has 0 aliphatic rings. The quantitative estimate of drug-likeness (QED) is 0.455. The second-order valence-electron chi connectivity index (χ2n) is 5.37. The first kappa shape index (κ1) is 17.7. The number of nitro benzene ring substituents is 1. The largest absolute Gasteiger partial charge is 0.269 e. The van der Waals surface area contributed by atoms with Gasteiger partial charge in [0.05, 0.1) is 22.1 Å². The maximum atomic E-state index is 13.0. The maximum absolute atomic E-state index is 13.0. The normalized spacial score (nSPS) is 11.1. The van der Waals surface area contributed by atoms with Gasteiger partial charge in [0.15, 0.2) is 0 Å². The van der Waals surface area contributed by atoms with Crippen LogP contribution in [0.1, 0.15) is 11.1 Å². The lowest BCUT2D eigenvalue weighted by Gasteiger charge is -2.25. The van der Waals surface area contributed by atoms with Crippen molar-refractivity contribution in [1.29, 1.82) is 0 Å². The SMILES string of the molecule is C=CCN(c1cc(C)ccc1C)S(=O)(=O)c1ccc([N+](=O)[O-])cc1. The number of rotatable bonds is 6. The molecule has 0 N–H and O–H groups in total. The molecule has 2 aromatic rings. The van der Waals surface area contributed by atoms with E-state index in [1.54, 1.807) is 6.07 Å². The highest BCUT2D eigenvalue weighted by Gasteiger charge is 2.25. The van der Waals surface area contributed by atoms with Crippen molar-refractivity contribution in [1.82, 2.24) is 0 Å². The number of non-ortho nitro benzene ring substituents is 1. The van der Waals surface area contributed by atoms with Crippen molar-refractivity contribution in [2.75, 3.05) is 10.8 Å². The first-order valence-electron chi connectivity index (χ1n) is 7.22. The average molecular weight is 346 g/mol. The van der Waals surface area contributed by atoms with Gasteiger partial charge in [0.2, 0.25) is 0 Å². The Morgan fingerprint density at radius 1 is 1.17 bits per heavy atom. The van der Waals surface area contributed by atoms with Gasteiger partial charge in [-0.3, -0.25) is 14.4 Å². The molecule has 24 heavy (non-hydrogen) atoms. The number of aryl methyl sites for hydroxylation is 2. The molecule has 0 fully saturated rings. The Labute approximate surface area is 141 Å². The first-order chi connectivity index (χ1) is 11.3. The van der Waals surface area contributed by atoms with E-state index in [9.17, 15) is 18.5 Å². The number of nitrogens with zero attached hydrogens (tertiary/aromatic N) is 2. The zero-order chi connectivity index (χ0) is 17.9. The monoisotopic (exact) mass is 346 g/mol. The minimum absolute atomic E-state index is 0.00384. The van der Waals surface area contributed by atoms with Gasteiger partial charge in [-0.15, -0.1) is 6.58 Å². The van der Waals surface area contributed by atoms with Crippen LogP contribution < -0.4 is 4.31 Å². The molecule has 0 radical (unpaired) electrons. The topological polar surface area (TPSA) is 80.5 Å². The minimum atomic E-state index is -3.86. The molecule has 0 heterocycles. The Balaban J connectivity index is 2.54. The molecular formula is C17H18N2O4S. The fraction of sp³-hybridized carbons (Fsp3) is 0.176. The lowest BCUT2D eigenvalue weighted by Crippen LogP contribution is -2.31. The molecule has 0 saturated carbocycles. The van der Waals surface area contributed by atoms with Crippen LogP contribution in [0.15, 0.2) is 60.0 Å². The molecule has 0 unspecified atom stereocenters. The highest BCUT2D eigenvalue weighted by atomic mass is 32.2. The van der Waals surface area contributed by atoms with Crippen LogP contribution in [0.3, 0.4) is 0 Å².